The molecule has 1 fully saturated rings. The van der Waals surface area contributed by atoms with Crippen molar-refractivity contribution in [1.82, 2.24) is 0 Å². The molecule has 0 aliphatic carbocycles. The Balaban J connectivity index is 2.39. The molecule has 2 N–H and O–H groups in total. The smallest absolute Gasteiger partial charge is 0.239 e. The molecular formula is C11H15ClN2O2S. The molecule has 0 bridgehead atoms. The summed E-state index contributed by atoms with van der Waals surface area (Å²) in [7, 11) is -3.31. The van der Waals surface area contributed by atoms with E-state index in [1.807, 2.05) is 13.0 Å². The monoisotopic (exact) mass is 274 g/mol. The second kappa shape index (κ2) is 4.48. The molecule has 1 atom stereocenters. The maximum Gasteiger partial charge on any atom is 0.239 e. The second-order valence-electron chi connectivity index (χ2n) is 4.20. The van der Waals surface area contributed by atoms with Crippen LogP contribution in [0.1, 0.15) is 12.0 Å². The number of benzene rings is 1. The Labute approximate surface area is 106 Å². The van der Waals surface area contributed by atoms with Gasteiger partial charge in [0, 0.05) is 18.1 Å². The summed E-state index contributed by atoms with van der Waals surface area (Å²) in [6, 6.07) is 5.29. The number of halogens is 1. The third kappa shape index (κ3) is 2.14. The largest absolute Gasteiger partial charge is 0.329 e. The molecule has 0 unspecified atom stereocenters. The number of rotatable bonds is 2. The van der Waals surface area contributed by atoms with E-state index in [9.17, 15) is 8.42 Å². The predicted molar refractivity (Wildman–Crippen MR) is 69.9 cm³/mol. The molecule has 4 nitrogen and oxygen atoms in total. The number of hydrogen-bond donors (Lipinski definition) is 1. The summed E-state index contributed by atoms with van der Waals surface area (Å²) in [4.78, 5) is 0. The molecule has 1 aliphatic rings. The molecule has 1 heterocycles. The molecular weight excluding hydrogens is 260 g/mol. The van der Waals surface area contributed by atoms with E-state index in [0.29, 0.717) is 23.7 Å². The fraction of sp³-hybridized carbons (Fsp3) is 0.455. The molecule has 2 rings (SSSR count). The zero-order valence-corrected chi connectivity index (χ0v) is 11.1. The van der Waals surface area contributed by atoms with Gasteiger partial charge in [0.25, 0.3) is 0 Å². The van der Waals surface area contributed by atoms with Crippen molar-refractivity contribution in [1.29, 1.82) is 0 Å². The van der Waals surface area contributed by atoms with Crippen LogP contribution >= 0.6 is 11.6 Å². The average molecular weight is 275 g/mol. The van der Waals surface area contributed by atoms with Crippen molar-refractivity contribution >= 4 is 27.3 Å². The minimum Gasteiger partial charge on any atom is -0.329 e. The van der Waals surface area contributed by atoms with E-state index < -0.39 is 15.3 Å². The molecule has 6 heteroatoms. The zero-order chi connectivity index (χ0) is 12.6. The first-order valence-electron chi connectivity index (χ1n) is 5.44. The van der Waals surface area contributed by atoms with Gasteiger partial charge in [0.1, 0.15) is 0 Å². The van der Waals surface area contributed by atoms with Gasteiger partial charge in [-0.3, -0.25) is 4.31 Å². The van der Waals surface area contributed by atoms with Crippen LogP contribution in [0.25, 0.3) is 0 Å². The minimum atomic E-state index is -3.31. The maximum atomic E-state index is 12.1. The summed E-state index contributed by atoms with van der Waals surface area (Å²) in [6.07, 6.45) is 0.574. The highest BCUT2D eigenvalue weighted by atomic mass is 35.5. The van der Waals surface area contributed by atoms with Crippen LogP contribution in [0.2, 0.25) is 5.02 Å². The van der Waals surface area contributed by atoms with Crippen LogP contribution < -0.4 is 10.0 Å². The highest BCUT2D eigenvalue weighted by Gasteiger charge is 2.37. The number of hydrogen-bond acceptors (Lipinski definition) is 3. The lowest BCUT2D eigenvalue weighted by atomic mass is 10.2. The van der Waals surface area contributed by atoms with E-state index >= 15 is 0 Å². The second-order valence-corrected chi connectivity index (χ2v) is 6.74. The van der Waals surface area contributed by atoms with E-state index in [-0.39, 0.29) is 6.54 Å². The van der Waals surface area contributed by atoms with Crippen LogP contribution in [0.15, 0.2) is 18.2 Å². The van der Waals surface area contributed by atoms with Gasteiger partial charge in [-0.15, -0.1) is 0 Å². The lowest BCUT2D eigenvalue weighted by Gasteiger charge is -2.19. The van der Waals surface area contributed by atoms with Gasteiger partial charge >= 0.3 is 0 Å². The Kier molecular flexibility index (Phi) is 3.34. The molecule has 0 saturated carbocycles. The quantitative estimate of drug-likeness (QED) is 0.889. The summed E-state index contributed by atoms with van der Waals surface area (Å²) in [5.41, 5.74) is 7.03. The van der Waals surface area contributed by atoms with Crippen LogP contribution in [0, 0.1) is 6.92 Å². The Hall–Kier alpha value is -0.780. The molecule has 1 aliphatic heterocycles. The van der Waals surface area contributed by atoms with E-state index in [1.54, 1.807) is 12.1 Å². The number of sulfonamides is 1. The molecule has 1 saturated heterocycles. The standard InChI is InChI=1S/C11H15ClN2O2S/c1-8-2-3-9(6-11(8)12)14-5-4-10(7-13)17(14,15)16/h2-3,6,10H,4-5,7,13H2,1H3/t10-/m0/s1. The SMILES string of the molecule is Cc1ccc(N2CC[C@@H](CN)S2(=O)=O)cc1Cl. The molecule has 1 aromatic carbocycles. The van der Waals surface area contributed by atoms with Crippen molar-refractivity contribution in [3.63, 3.8) is 0 Å². The van der Waals surface area contributed by atoms with Gasteiger partial charge < -0.3 is 5.73 Å². The Morgan fingerprint density at radius 2 is 2.24 bits per heavy atom. The topological polar surface area (TPSA) is 63.4 Å². The third-order valence-corrected chi connectivity index (χ3v) is 5.77. The van der Waals surface area contributed by atoms with Gasteiger partial charge in [-0.1, -0.05) is 17.7 Å². The van der Waals surface area contributed by atoms with Crippen molar-refractivity contribution in [3.05, 3.63) is 28.8 Å². The molecule has 1 aromatic rings. The van der Waals surface area contributed by atoms with E-state index in [4.69, 9.17) is 17.3 Å². The molecule has 94 valence electrons. The molecule has 0 radical (unpaired) electrons. The normalized spacial score (nSPS) is 23.0. The Morgan fingerprint density at radius 1 is 1.53 bits per heavy atom. The fourth-order valence-electron chi connectivity index (χ4n) is 1.97. The van der Waals surface area contributed by atoms with Crippen LogP contribution in [-0.4, -0.2) is 26.8 Å². The molecule has 0 aromatic heterocycles. The van der Waals surface area contributed by atoms with E-state index in [1.165, 1.54) is 4.31 Å². The highest BCUT2D eigenvalue weighted by molar-refractivity contribution is 7.93. The Bertz CT molecular complexity index is 530. The van der Waals surface area contributed by atoms with E-state index in [2.05, 4.69) is 0 Å². The summed E-state index contributed by atoms with van der Waals surface area (Å²) in [6.45, 7) is 2.52. The average Bonchev–Trinajstić information content (AvgIpc) is 2.57. The fourth-order valence-corrected chi connectivity index (χ4v) is 3.92. The van der Waals surface area contributed by atoms with Crippen molar-refractivity contribution in [2.45, 2.75) is 18.6 Å². The van der Waals surface area contributed by atoms with Gasteiger partial charge in [0.2, 0.25) is 10.0 Å². The molecule has 17 heavy (non-hydrogen) atoms. The van der Waals surface area contributed by atoms with Crippen LogP contribution in [0.4, 0.5) is 5.69 Å². The highest BCUT2D eigenvalue weighted by Crippen LogP contribution is 2.30. The number of nitrogens with two attached hydrogens (primary N) is 1. The van der Waals surface area contributed by atoms with Crippen LogP contribution in [-0.2, 0) is 10.0 Å². The zero-order valence-electron chi connectivity index (χ0n) is 9.56. The Morgan fingerprint density at radius 3 is 2.76 bits per heavy atom. The summed E-state index contributed by atoms with van der Waals surface area (Å²) in [5.74, 6) is 0. The van der Waals surface area contributed by atoms with Gasteiger partial charge in [0.05, 0.1) is 10.9 Å². The van der Waals surface area contributed by atoms with Gasteiger partial charge in [0.15, 0.2) is 0 Å². The number of aryl methyl sites for hydroxylation is 1. The van der Waals surface area contributed by atoms with Crippen molar-refractivity contribution < 1.29 is 8.42 Å². The molecule has 0 spiro atoms. The summed E-state index contributed by atoms with van der Waals surface area (Å²) in [5, 5.41) is 0.108. The first-order valence-corrected chi connectivity index (χ1v) is 7.32. The van der Waals surface area contributed by atoms with Gasteiger partial charge in [-0.2, -0.15) is 0 Å². The van der Waals surface area contributed by atoms with Crippen molar-refractivity contribution in [2.24, 2.45) is 5.73 Å². The van der Waals surface area contributed by atoms with Crippen LogP contribution in [0.3, 0.4) is 0 Å². The van der Waals surface area contributed by atoms with E-state index in [0.717, 1.165) is 5.56 Å². The lowest BCUT2D eigenvalue weighted by molar-refractivity contribution is 0.588. The molecule has 0 amide bonds. The minimum absolute atomic E-state index is 0.165. The third-order valence-electron chi connectivity index (χ3n) is 3.09. The number of nitrogens with zero attached hydrogens (tertiary/aromatic N) is 1. The van der Waals surface area contributed by atoms with Gasteiger partial charge in [-0.05, 0) is 31.0 Å². The first-order chi connectivity index (χ1) is 7.96. The number of anilines is 1. The predicted octanol–water partition coefficient (Wildman–Crippen LogP) is 1.52. The summed E-state index contributed by atoms with van der Waals surface area (Å²) >= 11 is 6.01. The maximum absolute atomic E-state index is 12.1. The summed E-state index contributed by atoms with van der Waals surface area (Å²) < 4.78 is 25.6. The first kappa shape index (κ1) is 12.7. The van der Waals surface area contributed by atoms with Gasteiger partial charge in [-0.25, -0.2) is 8.42 Å². The lowest BCUT2D eigenvalue weighted by Crippen LogP contribution is -2.33. The van der Waals surface area contributed by atoms with Crippen LogP contribution in [0.5, 0.6) is 0 Å². The van der Waals surface area contributed by atoms with Crippen molar-refractivity contribution in [3.8, 4) is 0 Å². The van der Waals surface area contributed by atoms with Crippen molar-refractivity contribution in [2.75, 3.05) is 17.4 Å².